The Morgan fingerprint density at radius 3 is 2.38 bits per heavy atom. The highest BCUT2D eigenvalue weighted by molar-refractivity contribution is 5.95. The van der Waals surface area contributed by atoms with E-state index in [1.165, 1.54) is 0 Å². The summed E-state index contributed by atoms with van der Waals surface area (Å²) in [7, 11) is 3.99. The van der Waals surface area contributed by atoms with Crippen LogP contribution in [0.1, 0.15) is 47.3 Å². The monoisotopic (exact) mass is 437 g/mol. The number of rotatable bonds is 6. The maximum atomic E-state index is 12.9. The number of carbonyl (C=O) groups excluding carboxylic acids is 2. The number of carbonyl (C=O) groups is 2. The molecule has 1 N–H and O–H groups in total. The van der Waals surface area contributed by atoms with Gasteiger partial charge >= 0.3 is 0 Å². The van der Waals surface area contributed by atoms with Gasteiger partial charge in [-0.3, -0.25) is 14.3 Å². The third kappa shape index (κ3) is 5.57. The molecule has 2 amide bonds. The largest absolute Gasteiger partial charge is 0.348 e. The van der Waals surface area contributed by atoms with Crippen LogP contribution in [0.2, 0.25) is 0 Å². The van der Waals surface area contributed by atoms with Crippen molar-refractivity contribution < 1.29 is 9.59 Å². The van der Waals surface area contributed by atoms with Crippen molar-refractivity contribution in [2.24, 2.45) is 18.9 Å². The molecule has 2 aliphatic heterocycles. The van der Waals surface area contributed by atoms with Gasteiger partial charge in [0.15, 0.2) is 0 Å². The van der Waals surface area contributed by atoms with E-state index in [-0.39, 0.29) is 11.8 Å². The Morgan fingerprint density at radius 2 is 1.69 bits per heavy atom. The minimum absolute atomic E-state index is 0.0770. The van der Waals surface area contributed by atoms with E-state index in [1.54, 1.807) is 4.68 Å². The molecule has 0 atom stereocenters. The summed E-state index contributed by atoms with van der Waals surface area (Å²) in [6.45, 7) is 4.17. The highest BCUT2D eigenvalue weighted by Gasteiger charge is 2.31. The van der Waals surface area contributed by atoms with E-state index in [1.807, 2.05) is 43.6 Å². The van der Waals surface area contributed by atoms with Crippen molar-refractivity contribution in [1.82, 2.24) is 24.9 Å². The number of hydrogen-bond donors (Lipinski definition) is 1. The maximum Gasteiger partial charge on any atom is 0.255 e. The van der Waals surface area contributed by atoms with Crippen molar-refractivity contribution in [3.8, 4) is 0 Å². The van der Waals surface area contributed by atoms with Crippen molar-refractivity contribution >= 4 is 11.8 Å². The van der Waals surface area contributed by atoms with Crippen LogP contribution in [0.5, 0.6) is 0 Å². The Balaban J connectivity index is 1.29. The number of aryl methyl sites for hydroxylation is 1. The van der Waals surface area contributed by atoms with Crippen molar-refractivity contribution in [1.29, 1.82) is 0 Å². The second kappa shape index (κ2) is 10.3. The van der Waals surface area contributed by atoms with Crippen LogP contribution in [0.4, 0.5) is 0 Å². The number of piperidine rings is 2. The molecule has 4 rings (SSSR count). The lowest BCUT2D eigenvalue weighted by atomic mass is 9.89. The molecule has 2 saturated heterocycles. The zero-order chi connectivity index (χ0) is 22.5. The van der Waals surface area contributed by atoms with Crippen molar-refractivity contribution in [3.05, 3.63) is 53.3 Å². The van der Waals surface area contributed by atoms with Gasteiger partial charge in [-0.15, -0.1) is 0 Å². The lowest BCUT2D eigenvalue weighted by Gasteiger charge is -2.36. The summed E-state index contributed by atoms with van der Waals surface area (Å²) >= 11 is 0. The fourth-order valence-corrected chi connectivity index (χ4v) is 4.89. The van der Waals surface area contributed by atoms with Crippen LogP contribution in [-0.2, 0) is 24.8 Å². The molecule has 172 valence electrons. The molecule has 2 aromatic rings. The number of hydrogen-bond acceptors (Lipinski definition) is 4. The number of nitrogens with zero attached hydrogens (tertiary/aromatic N) is 4. The molecule has 0 bridgehead atoms. The van der Waals surface area contributed by atoms with E-state index in [0.29, 0.717) is 23.9 Å². The third-order valence-electron chi connectivity index (χ3n) is 6.92. The number of aromatic nitrogens is 2. The quantitative estimate of drug-likeness (QED) is 0.754. The summed E-state index contributed by atoms with van der Waals surface area (Å²) in [4.78, 5) is 30.1. The number of benzene rings is 1. The van der Waals surface area contributed by atoms with Crippen LogP contribution in [0, 0.1) is 11.8 Å². The van der Waals surface area contributed by atoms with E-state index in [4.69, 9.17) is 0 Å². The Labute approximate surface area is 190 Å². The Morgan fingerprint density at radius 1 is 1.00 bits per heavy atom. The Bertz CT molecular complexity index is 910. The number of likely N-dealkylation sites (tertiary alicyclic amines) is 2. The van der Waals surface area contributed by atoms with Gasteiger partial charge in [0.05, 0.1) is 11.3 Å². The highest BCUT2D eigenvalue weighted by atomic mass is 16.2. The Kier molecular flexibility index (Phi) is 7.25. The highest BCUT2D eigenvalue weighted by Crippen LogP contribution is 2.26. The van der Waals surface area contributed by atoms with E-state index in [2.05, 4.69) is 27.3 Å². The lowest BCUT2D eigenvalue weighted by Crippen LogP contribution is -2.45. The average Bonchev–Trinajstić information content (AvgIpc) is 3.18. The molecule has 32 heavy (non-hydrogen) atoms. The zero-order valence-corrected chi connectivity index (χ0v) is 19.3. The van der Waals surface area contributed by atoms with Crippen LogP contribution < -0.4 is 5.32 Å². The summed E-state index contributed by atoms with van der Waals surface area (Å²) in [5, 5.41) is 7.61. The number of amides is 2. The van der Waals surface area contributed by atoms with Gasteiger partial charge < -0.3 is 15.1 Å². The van der Waals surface area contributed by atoms with E-state index < -0.39 is 0 Å². The van der Waals surface area contributed by atoms with E-state index >= 15 is 0 Å². The average molecular weight is 438 g/mol. The molecule has 1 aromatic carbocycles. The van der Waals surface area contributed by atoms with Gasteiger partial charge in [-0.05, 0) is 63.7 Å². The second-order valence-corrected chi connectivity index (χ2v) is 9.38. The van der Waals surface area contributed by atoms with E-state index in [0.717, 1.165) is 69.5 Å². The molecule has 2 aliphatic rings. The van der Waals surface area contributed by atoms with E-state index in [9.17, 15) is 9.59 Å². The zero-order valence-electron chi connectivity index (χ0n) is 19.3. The molecular weight excluding hydrogens is 402 g/mol. The van der Waals surface area contributed by atoms with Gasteiger partial charge in [-0.1, -0.05) is 30.3 Å². The summed E-state index contributed by atoms with van der Waals surface area (Å²) in [6.07, 6.45) is 6.49. The van der Waals surface area contributed by atoms with Gasteiger partial charge in [0.25, 0.3) is 5.91 Å². The first-order chi connectivity index (χ1) is 15.5. The summed E-state index contributed by atoms with van der Waals surface area (Å²) in [5.74, 6) is 0.910. The summed E-state index contributed by atoms with van der Waals surface area (Å²) < 4.78 is 1.73. The topological polar surface area (TPSA) is 70.5 Å². The number of nitrogens with one attached hydrogen (secondary N) is 1. The molecule has 1 aromatic heterocycles. The first kappa shape index (κ1) is 22.5. The van der Waals surface area contributed by atoms with Crippen LogP contribution >= 0.6 is 0 Å². The van der Waals surface area contributed by atoms with Gasteiger partial charge in [-0.25, -0.2) is 0 Å². The van der Waals surface area contributed by atoms with Gasteiger partial charge in [0, 0.05) is 38.8 Å². The van der Waals surface area contributed by atoms with Crippen LogP contribution in [0.3, 0.4) is 0 Å². The first-order valence-corrected chi connectivity index (χ1v) is 11.8. The summed E-state index contributed by atoms with van der Waals surface area (Å²) in [5.41, 5.74) is 2.60. The smallest absolute Gasteiger partial charge is 0.255 e. The van der Waals surface area contributed by atoms with Crippen molar-refractivity contribution in [2.75, 3.05) is 33.2 Å². The minimum Gasteiger partial charge on any atom is -0.348 e. The van der Waals surface area contributed by atoms with Crippen LogP contribution in [-0.4, -0.2) is 64.6 Å². The second-order valence-electron chi connectivity index (χ2n) is 9.38. The van der Waals surface area contributed by atoms with Gasteiger partial charge in [0.1, 0.15) is 0 Å². The SMILES string of the molecule is CN1CCC(C(=O)N2CCC(Cc3nn(C)cc3C(=O)NCc3ccccc3)CC2)CC1. The third-order valence-corrected chi connectivity index (χ3v) is 6.92. The standard InChI is InChI=1S/C25H35N5O2/c1-28-12-10-21(11-13-28)25(32)30-14-8-19(9-15-30)16-23-22(18-29(2)27-23)24(31)26-17-20-6-4-3-5-7-20/h3-7,18-19,21H,8-17H2,1-2H3,(H,26,31). The fourth-order valence-electron chi connectivity index (χ4n) is 4.89. The fraction of sp³-hybridized carbons (Fsp3) is 0.560. The molecule has 0 unspecified atom stereocenters. The molecule has 2 fully saturated rings. The predicted octanol–water partition coefficient (Wildman–Crippen LogP) is 2.47. The van der Waals surface area contributed by atoms with Crippen LogP contribution in [0.25, 0.3) is 0 Å². The molecule has 0 spiro atoms. The maximum absolute atomic E-state index is 12.9. The molecule has 0 radical (unpaired) electrons. The molecule has 0 saturated carbocycles. The minimum atomic E-state index is -0.0770. The normalized spacial score (nSPS) is 18.6. The van der Waals surface area contributed by atoms with Crippen molar-refractivity contribution in [2.45, 2.75) is 38.6 Å². The van der Waals surface area contributed by atoms with Gasteiger partial charge in [-0.2, -0.15) is 5.10 Å². The first-order valence-electron chi connectivity index (χ1n) is 11.8. The molecular formula is C25H35N5O2. The molecule has 7 heteroatoms. The predicted molar refractivity (Wildman–Crippen MR) is 124 cm³/mol. The molecule has 3 heterocycles. The molecule has 7 nitrogen and oxygen atoms in total. The van der Waals surface area contributed by atoms with Crippen molar-refractivity contribution in [3.63, 3.8) is 0 Å². The van der Waals surface area contributed by atoms with Gasteiger partial charge in [0.2, 0.25) is 5.91 Å². The van der Waals surface area contributed by atoms with Crippen LogP contribution in [0.15, 0.2) is 36.5 Å². The summed E-state index contributed by atoms with van der Waals surface area (Å²) in [6, 6.07) is 9.93. The molecule has 0 aliphatic carbocycles. The Hall–Kier alpha value is -2.67. The lowest BCUT2D eigenvalue weighted by molar-refractivity contribution is -0.138.